The van der Waals surface area contributed by atoms with Crippen molar-refractivity contribution in [3.8, 4) is 0 Å². The van der Waals surface area contributed by atoms with E-state index in [0.29, 0.717) is 0 Å². The van der Waals surface area contributed by atoms with Crippen molar-refractivity contribution in [2.24, 2.45) is 0 Å². The number of rotatable bonds is 5. The summed E-state index contributed by atoms with van der Waals surface area (Å²) in [5, 5.41) is 13.1. The van der Waals surface area contributed by atoms with Crippen molar-refractivity contribution in [2.45, 2.75) is 39.0 Å². The number of aromatic nitrogens is 1. The van der Waals surface area contributed by atoms with Crippen LogP contribution in [0.5, 0.6) is 0 Å². The molecule has 1 aliphatic rings. The topological polar surface area (TPSA) is 48.4 Å². The van der Waals surface area contributed by atoms with Gasteiger partial charge in [-0.2, -0.15) is 0 Å². The molecule has 4 heteroatoms. The maximum absolute atomic E-state index is 9.63. The molecule has 0 aliphatic carbocycles. The normalized spacial score (nSPS) is 16.4. The third kappa shape index (κ3) is 4.53. The van der Waals surface area contributed by atoms with E-state index in [2.05, 4.69) is 58.5 Å². The smallest absolute Gasteiger partial charge is 0.0594 e. The van der Waals surface area contributed by atoms with Gasteiger partial charge in [0.05, 0.1) is 18.3 Å². The van der Waals surface area contributed by atoms with Crippen LogP contribution < -0.4 is 5.32 Å². The Bertz CT molecular complexity index is 619. The zero-order valence-electron chi connectivity index (χ0n) is 13.7. The van der Waals surface area contributed by atoms with E-state index in [0.717, 1.165) is 44.7 Å². The predicted molar refractivity (Wildman–Crippen MR) is 93.3 cm³/mol. The molecule has 122 valence electrons. The van der Waals surface area contributed by atoms with Crippen LogP contribution >= 0.6 is 0 Å². The predicted octanol–water partition coefficient (Wildman–Crippen LogP) is 2.96. The van der Waals surface area contributed by atoms with Crippen molar-refractivity contribution in [1.29, 1.82) is 0 Å². The number of hydrogen-bond acceptors (Lipinski definition) is 4. The summed E-state index contributed by atoms with van der Waals surface area (Å²) in [5.74, 6) is 0. The molecule has 0 saturated carbocycles. The Morgan fingerprint density at radius 2 is 1.96 bits per heavy atom. The van der Waals surface area contributed by atoms with Crippen LogP contribution in [0.3, 0.4) is 0 Å². The molecule has 0 amide bonds. The molecule has 23 heavy (non-hydrogen) atoms. The maximum atomic E-state index is 9.63. The van der Waals surface area contributed by atoms with Crippen LogP contribution in [-0.4, -0.2) is 34.2 Å². The van der Waals surface area contributed by atoms with Crippen LogP contribution in [0.2, 0.25) is 0 Å². The molecular weight excluding hydrogens is 286 g/mol. The number of aliphatic hydroxyl groups is 1. The van der Waals surface area contributed by atoms with E-state index in [9.17, 15) is 5.11 Å². The van der Waals surface area contributed by atoms with E-state index in [1.54, 1.807) is 0 Å². The second kappa shape index (κ2) is 7.57. The fraction of sp³-hybridized carbons (Fsp3) is 0.421. The van der Waals surface area contributed by atoms with Gasteiger partial charge in [-0.15, -0.1) is 0 Å². The van der Waals surface area contributed by atoms with Gasteiger partial charge < -0.3 is 10.4 Å². The monoisotopic (exact) mass is 311 g/mol. The summed E-state index contributed by atoms with van der Waals surface area (Å²) < 4.78 is 0. The Morgan fingerprint density at radius 1 is 1.17 bits per heavy atom. The van der Waals surface area contributed by atoms with Crippen molar-refractivity contribution in [2.75, 3.05) is 18.4 Å². The number of nitrogens with one attached hydrogen (secondary N) is 1. The average molecular weight is 311 g/mol. The van der Waals surface area contributed by atoms with Gasteiger partial charge in [0.2, 0.25) is 0 Å². The molecule has 1 aliphatic heterocycles. The summed E-state index contributed by atoms with van der Waals surface area (Å²) in [6, 6.07) is 12.6. The van der Waals surface area contributed by atoms with Crippen molar-refractivity contribution < 1.29 is 5.11 Å². The minimum atomic E-state index is -0.118. The first-order valence-electron chi connectivity index (χ1n) is 8.34. The highest BCUT2D eigenvalue weighted by molar-refractivity contribution is 5.51. The standard InChI is InChI=1S/C19H25N3O/c1-15-6-7-17(20-12-15)13-21-19-5-3-2-4-16(19)14-22-10-8-18(23)9-11-22/h2-7,12,18,21,23H,8-11,13-14H2,1H3. The number of para-hydroxylation sites is 1. The average Bonchev–Trinajstić information content (AvgIpc) is 2.58. The zero-order valence-corrected chi connectivity index (χ0v) is 13.7. The number of nitrogens with zero attached hydrogens (tertiary/aromatic N) is 2. The summed E-state index contributed by atoms with van der Waals surface area (Å²) in [6.45, 7) is 5.65. The number of hydrogen-bond donors (Lipinski definition) is 2. The maximum Gasteiger partial charge on any atom is 0.0594 e. The van der Waals surface area contributed by atoms with Gasteiger partial charge in [0, 0.05) is 31.5 Å². The molecule has 0 radical (unpaired) electrons. The van der Waals surface area contributed by atoms with Gasteiger partial charge in [-0.05, 0) is 43.0 Å². The lowest BCUT2D eigenvalue weighted by molar-refractivity contribution is 0.0793. The lowest BCUT2D eigenvalue weighted by atomic mass is 10.1. The summed E-state index contributed by atoms with van der Waals surface area (Å²) in [7, 11) is 0. The SMILES string of the molecule is Cc1ccc(CNc2ccccc2CN2CCC(O)CC2)nc1. The molecule has 2 heterocycles. The van der Waals surface area contributed by atoms with E-state index in [-0.39, 0.29) is 6.10 Å². The Morgan fingerprint density at radius 3 is 2.70 bits per heavy atom. The molecule has 2 aromatic rings. The molecule has 4 nitrogen and oxygen atoms in total. The van der Waals surface area contributed by atoms with Gasteiger partial charge in [0.15, 0.2) is 0 Å². The van der Waals surface area contributed by atoms with Gasteiger partial charge in [-0.25, -0.2) is 0 Å². The van der Waals surface area contributed by atoms with Crippen LogP contribution in [0, 0.1) is 6.92 Å². The Labute approximate surface area is 138 Å². The summed E-state index contributed by atoms with van der Waals surface area (Å²) in [5.41, 5.74) is 4.70. The highest BCUT2D eigenvalue weighted by Crippen LogP contribution is 2.20. The summed E-state index contributed by atoms with van der Waals surface area (Å²) in [4.78, 5) is 6.86. The van der Waals surface area contributed by atoms with Crippen LogP contribution in [-0.2, 0) is 13.1 Å². The highest BCUT2D eigenvalue weighted by atomic mass is 16.3. The van der Waals surface area contributed by atoms with Gasteiger partial charge >= 0.3 is 0 Å². The van der Waals surface area contributed by atoms with E-state index < -0.39 is 0 Å². The molecule has 0 atom stereocenters. The minimum absolute atomic E-state index is 0.118. The second-order valence-corrected chi connectivity index (χ2v) is 6.34. The molecule has 1 fully saturated rings. The molecule has 0 bridgehead atoms. The molecule has 2 N–H and O–H groups in total. The quantitative estimate of drug-likeness (QED) is 0.891. The van der Waals surface area contributed by atoms with Crippen molar-refractivity contribution >= 4 is 5.69 Å². The number of aliphatic hydroxyl groups excluding tert-OH is 1. The molecule has 1 saturated heterocycles. The first-order chi connectivity index (χ1) is 11.2. The largest absolute Gasteiger partial charge is 0.393 e. The number of pyridine rings is 1. The van der Waals surface area contributed by atoms with Crippen molar-refractivity contribution in [3.63, 3.8) is 0 Å². The van der Waals surface area contributed by atoms with E-state index in [4.69, 9.17) is 0 Å². The lowest BCUT2D eigenvalue weighted by Crippen LogP contribution is -2.35. The van der Waals surface area contributed by atoms with Gasteiger partial charge in [0.1, 0.15) is 0 Å². The van der Waals surface area contributed by atoms with Gasteiger partial charge in [-0.1, -0.05) is 24.3 Å². The highest BCUT2D eigenvalue weighted by Gasteiger charge is 2.17. The fourth-order valence-electron chi connectivity index (χ4n) is 2.94. The van der Waals surface area contributed by atoms with Crippen molar-refractivity contribution in [1.82, 2.24) is 9.88 Å². The number of benzene rings is 1. The van der Waals surface area contributed by atoms with Gasteiger partial charge in [-0.3, -0.25) is 9.88 Å². The number of likely N-dealkylation sites (tertiary alicyclic amines) is 1. The van der Waals surface area contributed by atoms with E-state index >= 15 is 0 Å². The Balaban J connectivity index is 1.62. The lowest BCUT2D eigenvalue weighted by Gasteiger charge is -2.30. The summed E-state index contributed by atoms with van der Waals surface area (Å²) >= 11 is 0. The molecule has 1 aromatic carbocycles. The molecular formula is C19H25N3O. The third-order valence-corrected chi connectivity index (χ3v) is 4.40. The third-order valence-electron chi connectivity index (χ3n) is 4.40. The number of aryl methyl sites for hydroxylation is 1. The number of anilines is 1. The van der Waals surface area contributed by atoms with Crippen LogP contribution in [0.15, 0.2) is 42.6 Å². The first kappa shape index (κ1) is 16.0. The Hall–Kier alpha value is -1.91. The fourth-order valence-corrected chi connectivity index (χ4v) is 2.94. The molecule has 0 spiro atoms. The van der Waals surface area contributed by atoms with Gasteiger partial charge in [0.25, 0.3) is 0 Å². The summed E-state index contributed by atoms with van der Waals surface area (Å²) in [6.07, 6.45) is 3.54. The Kier molecular flexibility index (Phi) is 5.26. The first-order valence-corrected chi connectivity index (χ1v) is 8.34. The van der Waals surface area contributed by atoms with Crippen molar-refractivity contribution in [3.05, 3.63) is 59.4 Å². The second-order valence-electron chi connectivity index (χ2n) is 6.34. The number of piperidine rings is 1. The van der Waals surface area contributed by atoms with Crippen LogP contribution in [0.1, 0.15) is 29.7 Å². The molecule has 0 unspecified atom stereocenters. The van der Waals surface area contributed by atoms with Crippen LogP contribution in [0.4, 0.5) is 5.69 Å². The van der Waals surface area contributed by atoms with E-state index in [1.165, 1.54) is 16.8 Å². The molecule has 1 aromatic heterocycles. The zero-order chi connectivity index (χ0) is 16.1. The van der Waals surface area contributed by atoms with Crippen LogP contribution in [0.25, 0.3) is 0 Å². The minimum Gasteiger partial charge on any atom is -0.393 e. The van der Waals surface area contributed by atoms with E-state index in [1.807, 2.05) is 6.20 Å². The molecule has 3 rings (SSSR count).